The highest BCUT2D eigenvalue weighted by Gasteiger charge is 2.13. The van der Waals surface area contributed by atoms with E-state index in [2.05, 4.69) is 5.32 Å². The Bertz CT molecular complexity index is 644. The lowest BCUT2D eigenvalue weighted by Crippen LogP contribution is -2.15. The van der Waals surface area contributed by atoms with Gasteiger partial charge in [0.2, 0.25) is 0 Å². The maximum atomic E-state index is 13.2. The number of hydrogen-bond acceptors (Lipinski definition) is 3. The molecule has 0 heterocycles. The lowest BCUT2D eigenvalue weighted by molar-refractivity contribution is 0.102. The highest BCUT2D eigenvalue weighted by molar-refractivity contribution is 6.08. The highest BCUT2D eigenvalue weighted by Crippen LogP contribution is 2.25. The molecule has 2 aromatic rings. The predicted molar refractivity (Wildman–Crippen MR) is 81.0 cm³/mol. The van der Waals surface area contributed by atoms with E-state index in [0.29, 0.717) is 18.0 Å². The van der Waals surface area contributed by atoms with E-state index in [1.807, 2.05) is 13.0 Å². The maximum absolute atomic E-state index is 13.2. The van der Waals surface area contributed by atoms with Crippen molar-refractivity contribution in [3.8, 4) is 5.75 Å². The number of para-hydroxylation sites is 2. The van der Waals surface area contributed by atoms with Gasteiger partial charge in [0.25, 0.3) is 5.91 Å². The summed E-state index contributed by atoms with van der Waals surface area (Å²) in [6.07, 6.45) is 0.860. The number of nitrogens with one attached hydrogen (secondary N) is 1. The van der Waals surface area contributed by atoms with Crippen molar-refractivity contribution >= 4 is 17.3 Å². The molecule has 0 aliphatic rings. The number of nitrogen functional groups attached to an aromatic ring is 1. The Morgan fingerprint density at radius 3 is 2.81 bits per heavy atom. The van der Waals surface area contributed by atoms with Crippen LogP contribution in [0.25, 0.3) is 0 Å². The number of rotatable bonds is 5. The Hall–Kier alpha value is -2.56. The number of halogens is 1. The molecule has 0 aromatic heterocycles. The van der Waals surface area contributed by atoms with Gasteiger partial charge in [-0.3, -0.25) is 4.79 Å². The van der Waals surface area contributed by atoms with Crippen molar-refractivity contribution in [3.05, 3.63) is 53.8 Å². The summed E-state index contributed by atoms with van der Waals surface area (Å²) in [5, 5.41) is 2.69. The lowest BCUT2D eigenvalue weighted by Gasteiger charge is -2.12. The monoisotopic (exact) mass is 288 g/mol. The van der Waals surface area contributed by atoms with Gasteiger partial charge < -0.3 is 15.8 Å². The van der Waals surface area contributed by atoms with Gasteiger partial charge in [0.05, 0.1) is 17.9 Å². The first-order valence-electron chi connectivity index (χ1n) is 6.70. The van der Waals surface area contributed by atoms with Gasteiger partial charge in [-0.2, -0.15) is 0 Å². The van der Waals surface area contributed by atoms with Crippen LogP contribution in [0.4, 0.5) is 15.8 Å². The third-order valence-electron chi connectivity index (χ3n) is 2.86. The van der Waals surface area contributed by atoms with Crippen LogP contribution in [0.5, 0.6) is 5.75 Å². The second kappa shape index (κ2) is 6.74. The quantitative estimate of drug-likeness (QED) is 0.828. The molecule has 0 aliphatic carbocycles. The minimum atomic E-state index is -0.509. The largest absolute Gasteiger partial charge is 0.491 e. The normalized spacial score (nSPS) is 10.2. The molecule has 0 bridgehead atoms. The van der Waals surface area contributed by atoms with Gasteiger partial charge in [-0.25, -0.2) is 4.39 Å². The van der Waals surface area contributed by atoms with Crippen LogP contribution in [0, 0.1) is 5.82 Å². The van der Waals surface area contributed by atoms with Gasteiger partial charge in [0.15, 0.2) is 0 Å². The summed E-state index contributed by atoms with van der Waals surface area (Å²) in [6, 6.07) is 10.8. The Morgan fingerprint density at radius 2 is 2.05 bits per heavy atom. The molecule has 110 valence electrons. The molecule has 2 rings (SSSR count). The second-order valence-corrected chi connectivity index (χ2v) is 4.53. The van der Waals surface area contributed by atoms with E-state index in [1.165, 1.54) is 12.1 Å². The number of nitrogens with two attached hydrogens (primary N) is 1. The van der Waals surface area contributed by atoms with Gasteiger partial charge in [0.1, 0.15) is 11.6 Å². The van der Waals surface area contributed by atoms with Crippen molar-refractivity contribution in [1.82, 2.24) is 0 Å². The van der Waals surface area contributed by atoms with Crippen LogP contribution >= 0.6 is 0 Å². The third kappa shape index (κ3) is 3.72. The molecule has 0 atom stereocenters. The van der Waals surface area contributed by atoms with Crippen LogP contribution < -0.4 is 15.8 Å². The van der Waals surface area contributed by atoms with E-state index < -0.39 is 11.7 Å². The molecule has 5 heteroatoms. The average Bonchev–Trinajstić information content (AvgIpc) is 2.48. The van der Waals surface area contributed by atoms with Crippen molar-refractivity contribution in [2.24, 2.45) is 0 Å². The van der Waals surface area contributed by atoms with Gasteiger partial charge in [-0.1, -0.05) is 19.1 Å². The number of carbonyl (C=O) groups is 1. The first-order valence-corrected chi connectivity index (χ1v) is 6.70. The standard InChI is InChI=1S/C16H17FN2O2/c1-2-9-21-15-6-4-3-5-14(15)19-16(20)12-10-11(17)7-8-13(12)18/h3-8,10H,2,9,18H2,1H3,(H,19,20). The van der Waals surface area contributed by atoms with Crippen LogP contribution in [0.15, 0.2) is 42.5 Å². The van der Waals surface area contributed by atoms with Crippen molar-refractivity contribution in [2.75, 3.05) is 17.7 Å². The zero-order chi connectivity index (χ0) is 15.2. The Labute approximate surface area is 122 Å². The number of benzene rings is 2. The van der Waals surface area contributed by atoms with Crippen molar-refractivity contribution in [3.63, 3.8) is 0 Å². The molecule has 0 aliphatic heterocycles. The summed E-state index contributed by atoms with van der Waals surface area (Å²) in [7, 11) is 0. The highest BCUT2D eigenvalue weighted by atomic mass is 19.1. The van der Waals surface area contributed by atoms with Crippen LogP contribution in [-0.4, -0.2) is 12.5 Å². The Morgan fingerprint density at radius 1 is 1.29 bits per heavy atom. The summed E-state index contributed by atoms with van der Waals surface area (Å²) in [6.45, 7) is 2.55. The SMILES string of the molecule is CCCOc1ccccc1NC(=O)c1cc(F)ccc1N. The number of amides is 1. The van der Waals surface area contributed by atoms with E-state index in [1.54, 1.807) is 18.2 Å². The molecular formula is C16H17FN2O2. The Balaban J connectivity index is 2.21. The molecule has 1 amide bonds. The third-order valence-corrected chi connectivity index (χ3v) is 2.86. The molecule has 0 radical (unpaired) electrons. The maximum Gasteiger partial charge on any atom is 0.257 e. The van der Waals surface area contributed by atoms with E-state index in [9.17, 15) is 9.18 Å². The lowest BCUT2D eigenvalue weighted by atomic mass is 10.1. The van der Waals surface area contributed by atoms with Crippen LogP contribution in [0.2, 0.25) is 0 Å². The van der Waals surface area contributed by atoms with E-state index in [4.69, 9.17) is 10.5 Å². The Kier molecular flexibility index (Phi) is 4.77. The molecule has 0 spiro atoms. The number of carbonyl (C=O) groups excluding carboxylic acids is 1. The minimum Gasteiger partial charge on any atom is -0.491 e. The fourth-order valence-corrected chi connectivity index (χ4v) is 1.82. The fourth-order valence-electron chi connectivity index (χ4n) is 1.82. The average molecular weight is 288 g/mol. The number of ether oxygens (including phenoxy) is 1. The van der Waals surface area contributed by atoms with Gasteiger partial charge in [-0.15, -0.1) is 0 Å². The minimum absolute atomic E-state index is 0.0975. The topological polar surface area (TPSA) is 64.3 Å². The molecule has 0 fully saturated rings. The van der Waals surface area contributed by atoms with Crippen molar-refractivity contribution < 1.29 is 13.9 Å². The van der Waals surface area contributed by atoms with Gasteiger partial charge in [0, 0.05) is 5.69 Å². The molecule has 4 nitrogen and oxygen atoms in total. The van der Waals surface area contributed by atoms with Gasteiger partial charge in [-0.05, 0) is 36.8 Å². The van der Waals surface area contributed by atoms with Gasteiger partial charge >= 0.3 is 0 Å². The first kappa shape index (κ1) is 14.8. The summed E-state index contributed by atoms with van der Waals surface area (Å²) < 4.78 is 18.8. The van der Waals surface area contributed by atoms with E-state index in [-0.39, 0.29) is 11.3 Å². The summed E-state index contributed by atoms with van der Waals surface area (Å²) >= 11 is 0. The van der Waals surface area contributed by atoms with Crippen molar-refractivity contribution in [1.29, 1.82) is 0 Å². The molecule has 21 heavy (non-hydrogen) atoms. The zero-order valence-electron chi connectivity index (χ0n) is 11.7. The predicted octanol–water partition coefficient (Wildman–Crippen LogP) is 3.45. The molecular weight excluding hydrogens is 271 g/mol. The summed E-state index contributed by atoms with van der Waals surface area (Å²) in [5.74, 6) is -0.410. The fraction of sp³-hybridized carbons (Fsp3) is 0.188. The van der Waals surface area contributed by atoms with E-state index >= 15 is 0 Å². The first-order chi connectivity index (χ1) is 10.1. The number of hydrogen-bond donors (Lipinski definition) is 2. The molecule has 0 unspecified atom stereocenters. The zero-order valence-corrected chi connectivity index (χ0v) is 11.7. The molecule has 3 N–H and O–H groups in total. The van der Waals surface area contributed by atoms with Crippen LogP contribution in [0.3, 0.4) is 0 Å². The summed E-state index contributed by atoms with van der Waals surface area (Å²) in [4.78, 5) is 12.2. The molecule has 2 aromatic carbocycles. The van der Waals surface area contributed by atoms with Crippen LogP contribution in [-0.2, 0) is 0 Å². The summed E-state index contributed by atoms with van der Waals surface area (Å²) in [5.41, 5.74) is 6.55. The molecule has 0 saturated heterocycles. The van der Waals surface area contributed by atoms with E-state index in [0.717, 1.165) is 12.5 Å². The van der Waals surface area contributed by atoms with Crippen molar-refractivity contribution in [2.45, 2.75) is 13.3 Å². The molecule has 0 saturated carbocycles. The smallest absolute Gasteiger partial charge is 0.257 e. The van der Waals surface area contributed by atoms with Crippen LogP contribution in [0.1, 0.15) is 23.7 Å². The second-order valence-electron chi connectivity index (χ2n) is 4.53. The number of anilines is 2.